The molecule has 1 aromatic heterocycles. The van der Waals surface area contributed by atoms with Crippen molar-refractivity contribution in [1.82, 2.24) is 9.97 Å². The highest BCUT2D eigenvalue weighted by Crippen LogP contribution is 2.27. The Balaban J connectivity index is 2.24. The first kappa shape index (κ1) is 11.0. The molecule has 4 nitrogen and oxygen atoms in total. The number of anilines is 1. The Bertz CT molecular complexity index is 519. The summed E-state index contributed by atoms with van der Waals surface area (Å²) in [5, 5.41) is 0.552. The van der Waals surface area contributed by atoms with Crippen LogP contribution in [0.1, 0.15) is 0 Å². The van der Waals surface area contributed by atoms with Gasteiger partial charge in [-0.05, 0) is 23.7 Å². The molecule has 2 rings (SSSR count). The molecular formula is C10H7Cl2N3O. The number of benzene rings is 1. The standard InChI is InChI=1S/C10H7Cl2N3O/c11-7-5-6(1-2-8(7)13)16-9-3-4-14-10(12)15-9/h1-5H,13H2. The van der Waals surface area contributed by atoms with E-state index in [4.69, 9.17) is 33.7 Å². The van der Waals surface area contributed by atoms with Gasteiger partial charge < -0.3 is 10.5 Å². The molecule has 0 bridgehead atoms. The molecule has 0 aliphatic carbocycles. The second-order valence-electron chi connectivity index (χ2n) is 2.95. The molecule has 2 N–H and O–H groups in total. The Morgan fingerprint density at radius 2 is 2.00 bits per heavy atom. The average molecular weight is 256 g/mol. The maximum atomic E-state index is 5.85. The summed E-state index contributed by atoms with van der Waals surface area (Å²) in [7, 11) is 0. The van der Waals surface area contributed by atoms with Gasteiger partial charge in [0, 0.05) is 18.3 Å². The zero-order valence-corrected chi connectivity index (χ0v) is 9.53. The maximum Gasteiger partial charge on any atom is 0.225 e. The fraction of sp³-hybridized carbons (Fsp3) is 0. The lowest BCUT2D eigenvalue weighted by atomic mass is 10.3. The molecular weight excluding hydrogens is 249 g/mol. The van der Waals surface area contributed by atoms with Gasteiger partial charge in [0.25, 0.3) is 0 Å². The van der Waals surface area contributed by atoms with Gasteiger partial charge in [0.15, 0.2) is 0 Å². The van der Waals surface area contributed by atoms with E-state index >= 15 is 0 Å². The number of rotatable bonds is 2. The number of nitrogens with zero attached hydrogens (tertiary/aromatic N) is 2. The van der Waals surface area contributed by atoms with E-state index in [-0.39, 0.29) is 5.28 Å². The lowest BCUT2D eigenvalue weighted by molar-refractivity contribution is 0.461. The highest BCUT2D eigenvalue weighted by molar-refractivity contribution is 6.33. The van der Waals surface area contributed by atoms with E-state index in [0.29, 0.717) is 22.3 Å². The summed E-state index contributed by atoms with van der Waals surface area (Å²) in [6.45, 7) is 0. The van der Waals surface area contributed by atoms with Crippen molar-refractivity contribution in [3.63, 3.8) is 0 Å². The van der Waals surface area contributed by atoms with Gasteiger partial charge in [-0.3, -0.25) is 0 Å². The van der Waals surface area contributed by atoms with Crippen LogP contribution in [0.5, 0.6) is 11.6 Å². The van der Waals surface area contributed by atoms with Crippen molar-refractivity contribution in [2.75, 3.05) is 5.73 Å². The third kappa shape index (κ3) is 2.53. The predicted molar refractivity (Wildman–Crippen MR) is 63.0 cm³/mol. The molecule has 0 radical (unpaired) electrons. The molecule has 0 fully saturated rings. The van der Waals surface area contributed by atoms with Crippen LogP contribution in [-0.4, -0.2) is 9.97 Å². The predicted octanol–water partition coefficient (Wildman–Crippen LogP) is 3.16. The monoisotopic (exact) mass is 255 g/mol. The van der Waals surface area contributed by atoms with Crippen molar-refractivity contribution in [3.05, 3.63) is 40.8 Å². The summed E-state index contributed by atoms with van der Waals surface area (Å²) in [6.07, 6.45) is 1.50. The van der Waals surface area contributed by atoms with Crippen molar-refractivity contribution in [3.8, 4) is 11.6 Å². The minimum absolute atomic E-state index is 0.124. The Labute approximate surface area is 102 Å². The molecule has 2 aromatic rings. The molecule has 16 heavy (non-hydrogen) atoms. The molecule has 0 aliphatic heterocycles. The van der Waals surface area contributed by atoms with Crippen molar-refractivity contribution < 1.29 is 4.74 Å². The summed E-state index contributed by atoms with van der Waals surface area (Å²) in [6, 6.07) is 6.54. The third-order valence-electron chi connectivity index (χ3n) is 1.79. The second kappa shape index (κ2) is 4.55. The number of nitrogens with two attached hydrogens (primary N) is 1. The van der Waals surface area contributed by atoms with Crippen molar-refractivity contribution in [2.24, 2.45) is 0 Å². The molecule has 0 amide bonds. The van der Waals surface area contributed by atoms with E-state index in [1.165, 1.54) is 6.20 Å². The minimum Gasteiger partial charge on any atom is -0.439 e. The molecule has 0 saturated carbocycles. The van der Waals surface area contributed by atoms with Crippen LogP contribution in [0.15, 0.2) is 30.5 Å². The van der Waals surface area contributed by atoms with Crippen LogP contribution >= 0.6 is 23.2 Å². The number of nitrogen functional groups attached to an aromatic ring is 1. The van der Waals surface area contributed by atoms with Crippen molar-refractivity contribution in [2.45, 2.75) is 0 Å². The molecule has 82 valence electrons. The number of ether oxygens (including phenoxy) is 1. The summed E-state index contributed by atoms with van der Waals surface area (Å²) in [5.41, 5.74) is 6.07. The number of hydrogen-bond donors (Lipinski definition) is 1. The summed E-state index contributed by atoms with van der Waals surface area (Å²) < 4.78 is 5.42. The van der Waals surface area contributed by atoms with Gasteiger partial charge in [-0.2, -0.15) is 4.98 Å². The smallest absolute Gasteiger partial charge is 0.225 e. The van der Waals surface area contributed by atoms with Gasteiger partial charge >= 0.3 is 0 Å². The first-order valence-corrected chi connectivity index (χ1v) is 5.12. The first-order chi connectivity index (χ1) is 7.65. The topological polar surface area (TPSA) is 61.0 Å². The fourth-order valence-corrected chi connectivity index (χ4v) is 1.38. The lowest BCUT2D eigenvalue weighted by Gasteiger charge is -2.05. The van der Waals surface area contributed by atoms with Gasteiger partial charge in [-0.1, -0.05) is 11.6 Å². The zero-order valence-electron chi connectivity index (χ0n) is 8.02. The fourth-order valence-electron chi connectivity index (χ4n) is 1.07. The molecule has 6 heteroatoms. The maximum absolute atomic E-state index is 5.85. The van der Waals surface area contributed by atoms with Gasteiger partial charge in [-0.25, -0.2) is 4.98 Å². The molecule has 0 unspecified atom stereocenters. The van der Waals surface area contributed by atoms with Crippen LogP contribution in [0, 0.1) is 0 Å². The average Bonchev–Trinajstić information content (AvgIpc) is 2.24. The molecule has 0 atom stereocenters. The zero-order chi connectivity index (χ0) is 11.5. The van der Waals surface area contributed by atoms with E-state index in [1.54, 1.807) is 24.3 Å². The Kier molecular flexibility index (Phi) is 3.12. The summed E-state index contributed by atoms with van der Waals surface area (Å²) in [5.74, 6) is 0.884. The number of aromatic nitrogens is 2. The quantitative estimate of drug-likeness (QED) is 0.662. The molecule has 0 spiro atoms. The second-order valence-corrected chi connectivity index (χ2v) is 3.69. The van der Waals surface area contributed by atoms with Gasteiger partial charge in [-0.15, -0.1) is 0 Å². The first-order valence-electron chi connectivity index (χ1n) is 4.36. The highest BCUT2D eigenvalue weighted by Gasteiger charge is 2.02. The highest BCUT2D eigenvalue weighted by atomic mass is 35.5. The Morgan fingerprint density at radius 3 is 2.69 bits per heavy atom. The summed E-state index contributed by atoms with van der Waals surface area (Å²) >= 11 is 11.5. The van der Waals surface area contributed by atoms with E-state index < -0.39 is 0 Å². The van der Waals surface area contributed by atoms with Crippen LogP contribution in [0.25, 0.3) is 0 Å². The Morgan fingerprint density at radius 1 is 1.19 bits per heavy atom. The minimum atomic E-state index is 0.124. The van der Waals surface area contributed by atoms with Gasteiger partial charge in [0.05, 0.1) is 10.7 Å². The van der Waals surface area contributed by atoms with Crippen LogP contribution in [-0.2, 0) is 0 Å². The summed E-state index contributed by atoms with van der Waals surface area (Å²) in [4.78, 5) is 7.62. The van der Waals surface area contributed by atoms with Crippen LogP contribution in [0.4, 0.5) is 5.69 Å². The molecule has 0 aliphatic rings. The van der Waals surface area contributed by atoms with Crippen LogP contribution in [0.2, 0.25) is 10.3 Å². The van der Waals surface area contributed by atoms with Gasteiger partial charge in [0.2, 0.25) is 11.2 Å². The lowest BCUT2D eigenvalue weighted by Crippen LogP contribution is -1.91. The van der Waals surface area contributed by atoms with Gasteiger partial charge in [0.1, 0.15) is 5.75 Å². The van der Waals surface area contributed by atoms with Crippen LogP contribution < -0.4 is 10.5 Å². The molecule has 0 saturated heterocycles. The SMILES string of the molecule is Nc1ccc(Oc2ccnc(Cl)n2)cc1Cl. The van der Waals surface area contributed by atoms with Crippen molar-refractivity contribution in [1.29, 1.82) is 0 Å². The number of halogens is 2. The molecule has 1 heterocycles. The van der Waals surface area contributed by atoms with Crippen LogP contribution in [0.3, 0.4) is 0 Å². The normalized spacial score (nSPS) is 10.1. The van der Waals surface area contributed by atoms with E-state index in [9.17, 15) is 0 Å². The van der Waals surface area contributed by atoms with Crippen molar-refractivity contribution >= 4 is 28.9 Å². The van der Waals surface area contributed by atoms with E-state index in [2.05, 4.69) is 9.97 Å². The number of hydrogen-bond acceptors (Lipinski definition) is 4. The van der Waals surface area contributed by atoms with E-state index in [1.807, 2.05) is 0 Å². The Hall–Kier alpha value is -1.52. The molecule has 1 aromatic carbocycles. The third-order valence-corrected chi connectivity index (χ3v) is 2.30. The van der Waals surface area contributed by atoms with E-state index in [0.717, 1.165) is 0 Å². The largest absolute Gasteiger partial charge is 0.439 e.